The molecule has 1 aromatic heterocycles. The minimum absolute atomic E-state index is 0.0506. The molecule has 27 heavy (non-hydrogen) atoms. The van der Waals surface area contributed by atoms with Crippen molar-refractivity contribution in [1.29, 1.82) is 0 Å². The van der Waals surface area contributed by atoms with E-state index in [9.17, 15) is 4.79 Å². The van der Waals surface area contributed by atoms with Crippen LogP contribution in [0.3, 0.4) is 0 Å². The molecule has 4 heteroatoms. The van der Waals surface area contributed by atoms with Crippen molar-refractivity contribution in [1.82, 2.24) is 9.97 Å². The van der Waals surface area contributed by atoms with Gasteiger partial charge in [0.25, 0.3) is 0 Å². The predicted octanol–water partition coefficient (Wildman–Crippen LogP) is 4.75. The Hall–Kier alpha value is -3.53. The van der Waals surface area contributed by atoms with Crippen LogP contribution in [0.2, 0.25) is 0 Å². The van der Waals surface area contributed by atoms with Crippen LogP contribution in [0, 0.1) is 6.92 Å². The number of fused-ring (bicyclic) bond motifs is 1. The molecule has 4 aromatic rings. The van der Waals surface area contributed by atoms with Crippen molar-refractivity contribution in [3.63, 3.8) is 0 Å². The fraction of sp³-hybridized carbons (Fsp3) is 0.0870. The van der Waals surface area contributed by atoms with Gasteiger partial charge in [0.1, 0.15) is 24.2 Å². The van der Waals surface area contributed by atoms with Crippen LogP contribution in [0.5, 0.6) is 5.75 Å². The van der Waals surface area contributed by atoms with Crippen LogP contribution in [0.25, 0.3) is 10.9 Å². The number of aryl methyl sites for hydroxylation is 1. The number of ketones is 1. The van der Waals surface area contributed by atoms with E-state index in [-0.39, 0.29) is 5.78 Å². The molecule has 0 unspecified atom stereocenters. The number of rotatable bonds is 5. The lowest BCUT2D eigenvalue weighted by molar-refractivity contribution is 0.103. The van der Waals surface area contributed by atoms with Crippen LogP contribution < -0.4 is 4.74 Å². The zero-order chi connectivity index (χ0) is 18.6. The zero-order valence-electron chi connectivity index (χ0n) is 14.9. The van der Waals surface area contributed by atoms with Gasteiger partial charge in [0.15, 0.2) is 5.78 Å². The Morgan fingerprint density at radius 1 is 0.963 bits per heavy atom. The minimum Gasteiger partial charge on any atom is -0.487 e. The van der Waals surface area contributed by atoms with E-state index in [1.165, 1.54) is 6.33 Å². The number of carbonyl (C=O) groups is 1. The first-order chi connectivity index (χ1) is 13.2. The van der Waals surface area contributed by atoms with E-state index in [2.05, 4.69) is 9.97 Å². The number of nitrogens with zero attached hydrogens (tertiary/aromatic N) is 2. The molecule has 0 N–H and O–H groups in total. The molecule has 0 atom stereocenters. The van der Waals surface area contributed by atoms with Crippen LogP contribution in [-0.2, 0) is 6.61 Å². The van der Waals surface area contributed by atoms with Gasteiger partial charge in [-0.05, 0) is 24.6 Å². The van der Waals surface area contributed by atoms with E-state index in [4.69, 9.17) is 4.74 Å². The summed E-state index contributed by atoms with van der Waals surface area (Å²) in [5.74, 6) is 0.527. The molecule has 0 bridgehead atoms. The summed E-state index contributed by atoms with van der Waals surface area (Å²) in [5, 5.41) is 0.776. The van der Waals surface area contributed by atoms with Gasteiger partial charge in [-0.15, -0.1) is 0 Å². The molecule has 0 amide bonds. The van der Waals surface area contributed by atoms with E-state index in [1.807, 2.05) is 67.6 Å². The van der Waals surface area contributed by atoms with Gasteiger partial charge in [-0.25, -0.2) is 9.97 Å². The van der Waals surface area contributed by atoms with Gasteiger partial charge < -0.3 is 4.74 Å². The Balaban J connectivity index is 1.71. The van der Waals surface area contributed by atoms with E-state index in [0.717, 1.165) is 16.5 Å². The van der Waals surface area contributed by atoms with Crippen molar-refractivity contribution in [2.24, 2.45) is 0 Å². The van der Waals surface area contributed by atoms with E-state index < -0.39 is 0 Å². The Bertz CT molecular complexity index is 1090. The molecule has 132 valence electrons. The molecule has 3 aromatic carbocycles. The first kappa shape index (κ1) is 16.9. The predicted molar refractivity (Wildman–Crippen MR) is 105 cm³/mol. The van der Waals surface area contributed by atoms with Gasteiger partial charge in [0, 0.05) is 22.7 Å². The molecule has 0 fully saturated rings. The molecular formula is C23H18N2O2. The summed E-state index contributed by atoms with van der Waals surface area (Å²) in [6.07, 6.45) is 3.18. The Morgan fingerprint density at radius 2 is 1.74 bits per heavy atom. The molecular weight excluding hydrogens is 336 g/mol. The van der Waals surface area contributed by atoms with E-state index in [0.29, 0.717) is 29.0 Å². The average Bonchev–Trinajstić information content (AvgIpc) is 2.72. The highest BCUT2D eigenvalue weighted by Crippen LogP contribution is 2.27. The van der Waals surface area contributed by atoms with Gasteiger partial charge >= 0.3 is 0 Å². The molecule has 4 nitrogen and oxygen atoms in total. The molecule has 0 saturated heterocycles. The summed E-state index contributed by atoms with van der Waals surface area (Å²) in [4.78, 5) is 21.3. The first-order valence-corrected chi connectivity index (χ1v) is 8.72. The van der Waals surface area contributed by atoms with Crippen molar-refractivity contribution in [3.05, 3.63) is 102 Å². The Labute approximate surface area is 157 Å². The summed E-state index contributed by atoms with van der Waals surface area (Å²) in [7, 11) is 0. The van der Waals surface area contributed by atoms with Crippen LogP contribution >= 0.6 is 0 Å². The molecule has 0 aliphatic carbocycles. The second kappa shape index (κ2) is 7.38. The maximum absolute atomic E-state index is 12.9. The molecule has 0 aliphatic heterocycles. The molecule has 0 saturated carbocycles. The largest absolute Gasteiger partial charge is 0.487 e. The van der Waals surface area contributed by atoms with Crippen molar-refractivity contribution in [3.8, 4) is 5.75 Å². The van der Waals surface area contributed by atoms with Gasteiger partial charge in [0.05, 0.1) is 0 Å². The molecule has 0 aliphatic rings. The Morgan fingerprint density at radius 3 is 2.52 bits per heavy atom. The van der Waals surface area contributed by atoms with Crippen molar-refractivity contribution in [2.75, 3.05) is 0 Å². The van der Waals surface area contributed by atoms with Crippen LogP contribution in [0.15, 0.2) is 79.3 Å². The van der Waals surface area contributed by atoms with Crippen molar-refractivity contribution < 1.29 is 9.53 Å². The van der Waals surface area contributed by atoms with Crippen LogP contribution in [0.1, 0.15) is 27.0 Å². The quantitative estimate of drug-likeness (QED) is 0.485. The second-order valence-corrected chi connectivity index (χ2v) is 6.40. The molecule has 1 heterocycles. The minimum atomic E-state index is -0.0506. The fourth-order valence-electron chi connectivity index (χ4n) is 2.92. The normalized spacial score (nSPS) is 10.7. The third-order valence-electron chi connectivity index (χ3n) is 4.38. The summed E-state index contributed by atoms with van der Waals surface area (Å²) < 4.78 is 6.01. The summed E-state index contributed by atoms with van der Waals surface area (Å²) in [6, 6.07) is 21.0. The molecule has 0 spiro atoms. The topological polar surface area (TPSA) is 52.1 Å². The summed E-state index contributed by atoms with van der Waals surface area (Å²) >= 11 is 0. The van der Waals surface area contributed by atoms with E-state index >= 15 is 0 Å². The highest BCUT2D eigenvalue weighted by atomic mass is 16.5. The highest BCUT2D eigenvalue weighted by Gasteiger charge is 2.14. The number of carbonyl (C=O) groups excluding carboxylic acids is 1. The summed E-state index contributed by atoms with van der Waals surface area (Å²) in [5.41, 5.74) is 4.07. The standard InChI is InChI=1S/C23H18N2O2/c1-16-7-9-18(10-8-16)23(26)19-11-20-13-24-15-25-22(20)21(12-19)27-14-17-5-3-2-4-6-17/h2-13,15H,14H2,1H3. The van der Waals surface area contributed by atoms with Crippen molar-refractivity contribution in [2.45, 2.75) is 13.5 Å². The summed E-state index contributed by atoms with van der Waals surface area (Å²) in [6.45, 7) is 2.40. The monoisotopic (exact) mass is 354 g/mol. The van der Waals surface area contributed by atoms with Gasteiger partial charge in [0.2, 0.25) is 0 Å². The smallest absolute Gasteiger partial charge is 0.193 e. The second-order valence-electron chi connectivity index (χ2n) is 6.40. The molecule has 4 rings (SSSR count). The first-order valence-electron chi connectivity index (χ1n) is 8.72. The van der Waals surface area contributed by atoms with Gasteiger partial charge in [-0.1, -0.05) is 60.2 Å². The number of hydrogen-bond donors (Lipinski definition) is 0. The number of ether oxygens (including phenoxy) is 1. The zero-order valence-corrected chi connectivity index (χ0v) is 14.9. The molecule has 0 radical (unpaired) electrons. The van der Waals surface area contributed by atoms with Gasteiger partial charge in [-0.2, -0.15) is 0 Å². The SMILES string of the molecule is Cc1ccc(C(=O)c2cc(OCc3ccccc3)c3ncncc3c2)cc1. The maximum Gasteiger partial charge on any atom is 0.193 e. The van der Waals surface area contributed by atoms with Crippen LogP contribution in [-0.4, -0.2) is 15.8 Å². The lowest BCUT2D eigenvalue weighted by atomic mass is 10.0. The number of aromatic nitrogens is 2. The third-order valence-corrected chi connectivity index (χ3v) is 4.38. The lowest BCUT2D eigenvalue weighted by Gasteiger charge is -2.11. The highest BCUT2D eigenvalue weighted by molar-refractivity contribution is 6.11. The average molecular weight is 354 g/mol. The maximum atomic E-state index is 12.9. The Kier molecular flexibility index (Phi) is 4.62. The van der Waals surface area contributed by atoms with Gasteiger partial charge in [-0.3, -0.25) is 4.79 Å². The van der Waals surface area contributed by atoms with E-state index in [1.54, 1.807) is 12.3 Å². The van der Waals surface area contributed by atoms with Crippen LogP contribution in [0.4, 0.5) is 0 Å². The lowest BCUT2D eigenvalue weighted by Crippen LogP contribution is -2.04. The number of benzene rings is 3. The number of hydrogen-bond acceptors (Lipinski definition) is 4. The van der Waals surface area contributed by atoms with Crippen molar-refractivity contribution >= 4 is 16.7 Å². The third kappa shape index (κ3) is 3.70. The fourth-order valence-corrected chi connectivity index (χ4v) is 2.92.